The van der Waals surface area contributed by atoms with Gasteiger partial charge in [-0.3, -0.25) is 14.6 Å². The molecule has 0 unspecified atom stereocenters. The summed E-state index contributed by atoms with van der Waals surface area (Å²) in [7, 11) is 1.60. The molecule has 0 radical (unpaired) electrons. The van der Waals surface area contributed by atoms with Gasteiger partial charge in [0.05, 0.1) is 7.11 Å². The van der Waals surface area contributed by atoms with E-state index in [0.717, 1.165) is 5.56 Å². The van der Waals surface area contributed by atoms with Gasteiger partial charge in [0, 0.05) is 37.1 Å². The maximum absolute atomic E-state index is 13.0. The lowest BCUT2D eigenvalue weighted by Crippen LogP contribution is -2.52. The summed E-state index contributed by atoms with van der Waals surface area (Å²) in [6.07, 6.45) is 1.19. The molecule has 31 heavy (non-hydrogen) atoms. The zero-order chi connectivity index (χ0) is 22.2. The molecule has 1 saturated heterocycles. The number of nitrogens with one attached hydrogen (secondary N) is 1. The first-order valence-corrected chi connectivity index (χ1v) is 10.7. The summed E-state index contributed by atoms with van der Waals surface area (Å²) in [5, 5.41) is 3.06. The highest BCUT2D eigenvalue weighted by Crippen LogP contribution is 2.30. The first-order chi connectivity index (χ1) is 14.7. The van der Waals surface area contributed by atoms with Crippen molar-refractivity contribution in [2.75, 3.05) is 20.2 Å². The van der Waals surface area contributed by atoms with Crippen molar-refractivity contribution in [3.05, 3.63) is 65.2 Å². The summed E-state index contributed by atoms with van der Waals surface area (Å²) >= 11 is 0. The lowest BCUT2D eigenvalue weighted by molar-refractivity contribution is -0.115. The molecule has 4 rings (SSSR count). The predicted molar refractivity (Wildman–Crippen MR) is 121 cm³/mol. The Morgan fingerprint density at radius 3 is 2.39 bits per heavy atom. The Balaban J connectivity index is 1.46. The van der Waals surface area contributed by atoms with Crippen LogP contribution in [0.2, 0.25) is 0 Å². The number of methoxy groups -OCH3 is 1. The number of rotatable bonds is 3. The van der Waals surface area contributed by atoms with Gasteiger partial charge in [0.15, 0.2) is 0 Å². The number of piperidine rings is 1. The van der Waals surface area contributed by atoms with E-state index >= 15 is 0 Å². The van der Waals surface area contributed by atoms with Gasteiger partial charge in [-0.15, -0.1) is 0 Å². The molecule has 0 aromatic heterocycles. The average molecular weight is 420 g/mol. The Bertz CT molecular complexity index is 1030. The van der Waals surface area contributed by atoms with Gasteiger partial charge in [0.25, 0.3) is 11.8 Å². The lowest BCUT2D eigenvalue weighted by Gasteiger charge is -2.37. The number of carbonyl (C=O) groups is 2. The van der Waals surface area contributed by atoms with Crippen molar-refractivity contribution in [2.24, 2.45) is 4.99 Å². The molecule has 2 aliphatic heterocycles. The number of amides is 2. The Morgan fingerprint density at radius 2 is 1.77 bits per heavy atom. The van der Waals surface area contributed by atoms with Crippen LogP contribution in [0.4, 0.5) is 0 Å². The van der Waals surface area contributed by atoms with Crippen LogP contribution in [-0.4, -0.2) is 48.3 Å². The van der Waals surface area contributed by atoms with Gasteiger partial charge in [-0.05, 0) is 35.2 Å². The molecule has 0 saturated carbocycles. The highest BCUT2D eigenvalue weighted by Gasteiger charge is 2.43. The molecule has 2 aromatic carbocycles. The van der Waals surface area contributed by atoms with Crippen LogP contribution in [0.5, 0.6) is 5.75 Å². The number of likely N-dealkylation sites (tertiary alicyclic amines) is 1. The van der Waals surface area contributed by atoms with Crippen molar-refractivity contribution in [1.29, 1.82) is 0 Å². The normalized spacial score (nSPS) is 18.0. The maximum Gasteiger partial charge on any atom is 0.272 e. The molecule has 162 valence electrons. The van der Waals surface area contributed by atoms with E-state index in [9.17, 15) is 9.59 Å². The minimum absolute atomic E-state index is 0.0247. The molecular formula is C25H29N3O3. The van der Waals surface area contributed by atoms with E-state index in [4.69, 9.17) is 9.73 Å². The fraction of sp³-hybridized carbons (Fsp3) is 0.400. The molecule has 1 N–H and O–H groups in total. The Hall–Kier alpha value is -3.15. The van der Waals surface area contributed by atoms with Crippen LogP contribution in [0.3, 0.4) is 0 Å². The quantitative estimate of drug-likeness (QED) is 0.827. The fourth-order valence-corrected chi connectivity index (χ4v) is 4.14. The van der Waals surface area contributed by atoms with Crippen molar-refractivity contribution in [3.63, 3.8) is 0 Å². The SMILES string of the molecule is COc1cccc(C2=NC3(CCN(C(=O)c4ccc(C(C)(C)C)cc4)CC3)NC2=O)c1. The van der Waals surface area contributed by atoms with Crippen LogP contribution in [-0.2, 0) is 10.2 Å². The molecule has 1 fully saturated rings. The molecule has 0 bridgehead atoms. The molecule has 1 spiro atoms. The molecular weight excluding hydrogens is 390 g/mol. The molecule has 0 atom stereocenters. The van der Waals surface area contributed by atoms with Gasteiger partial charge < -0.3 is 15.0 Å². The molecule has 2 amide bonds. The van der Waals surface area contributed by atoms with Crippen LogP contribution in [0.1, 0.15) is 55.1 Å². The van der Waals surface area contributed by atoms with Crippen LogP contribution >= 0.6 is 0 Å². The van der Waals surface area contributed by atoms with Crippen molar-refractivity contribution in [3.8, 4) is 5.75 Å². The minimum Gasteiger partial charge on any atom is -0.497 e. The Morgan fingerprint density at radius 1 is 1.10 bits per heavy atom. The first kappa shape index (κ1) is 21.1. The van der Waals surface area contributed by atoms with E-state index in [0.29, 0.717) is 43.0 Å². The van der Waals surface area contributed by atoms with E-state index < -0.39 is 5.66 Å². The summed E-state index contributed by atoms with van der Waals surface area (Å²) in [5.74, 6) is 0.536. The minimum atomic E-state index is -0.637. The van der Waals surface area contributed by atoms with Crippen LogP contribution in [0.15, 0.2) is 53.5 Å². The van der Waals surface area contributed by atoms with Gasteiger partial charge in [0.2, 0.25) is 0 Å². The van der Waals surface area contributed by atoms with Crippen LogP contribution < -0.4 is 10.1 Å². The maximum atomic E-state index is 13.0. The van der Waals surface area contributed by atoms with Crippen LogP contribution in [0.25, 0.3) is 0 Å². The zero-order valence-corrected chi connectivity index (χ0v) is 18.6. The fourth-order valence-electron chi connectivity index (χ4n) is 4.14. The van der Waals surface area contributed by atoms with Gasteiger partial charge in [-0.1, -0.05) is 45.0 Å². The standard InChI is InChI=1S/C25H29N3O3/c1-24(2,3)19-10-8-17(9-11-19)23(30)28-14-12-25(13-15-28)26-21(22(29)27-25)18-6-5-7-20(16-18)31-4/h5-11,16H,12-15H2,1-4H3,(H,27,29). The zero-order valence-electron chi connectivity index (χ0n) is 18.6. The average Bonchev–Trinajstić information content (AvgIpc) is 3.09. The van der Waals surface area contributed by atoms with Gasteiger partial charge >= 0.3 is 0 Å². The van der Waals surface area contributed by atoms with Crippen molar-refractivity contribution >= 4 is 17.5 Å². The Labute approximate surface area is 183 Å². The number of carbonyl (C=O) groups excluding carboxylic acids is 2. The van der Waals surface area contributed by atoms with E-state index in [1.807, 2.05) is 53.4 Å². The third-order valence-corrected chi connectivity index (χ3v) is 6.11. The largest absolute Gasteiger partial charge is 0.497 e. The smallest absolute Gasteiger partial charge is 0.272 e. The lowest BCUT2D eigenvalue weighted by atomic mass is 9.86. The van der Waals surface area contributed by atoms with E-state index in [1.54, 1.807) is 7.11 Å². The Kier molecular flexibility index (Phi) is 5.33. The molecule has 2 aliphatic rings. The highest BCUT2D eigenvalue weighted by molar-refractivity contribution is 6.46. The second-order valence-corrected chi connectivity index (χ2v) is 9.30. The van der Waals surface area contributed by atoms with Gasteiger partial charge in [-0.25, -0.2) is 0 Å². The van der Waals surface area contributed by atoms with E-state index in [-0.39, 0.29) is 17.2 Å². The summed E-state index contributed by atoms with van der Waals surface area (Å²) in [6, 6.07) is 15.2. The summed E-state index contributed by atoms with van der Waals surface area (Å²) in [6.45, 7) is 7.57. The highest BCUT2D eigenvalue weighted by atomic mass is 16.5. The molecule has 0 aliphatic carbocycles. The topological polar surface area (TPSA) is 71.0 Å². The second kappa shape index (κ2) is 7.84. The number of aliphatic imine (C=N–C) groups is 1. The first-order valence-electron chi connectivity index (χ1n) is 10.7. The number of hydrogen-bond donors (Lipinski definition) is 1. The van der Waals surface area contributed by atoms with Crippen LogP contribution in [0, 0.1) is 0 Å². The number of benzene rings is 2. The van der Waals surface area contributed by atoms with Crippen molar-refractivity contribution in [1.82, 2.24) is 10.2 Å². The summed E-state index contributed by atoms with van der Waals surface area (Å²) in [4.78, 5) is 32.2. The van der Waals surface area contributed by atoms with Crippen molar-refractivity contribution in [2.45, 2.75) is 44.7 Å². The van der Waals surface area contributed by atoms with Crippen molar-refractivity contribution < 1.29 is 14.3 Å². The third-order valence-electron chi connectivity index (χ3n) is 6.11. The van der Waals surface area contributed by atoms with E-state index in [2.05, 4.69) is 26.1 Å². The second-order valence-electron chi connectivity index (χ2n) is 9.30. The van der Waals surface area contributed by atoms with Gasteiger partial charge in [-0.2, -0.15) is 0 Å². The van der Waals surface area contributed by atoms with E-state index in [1.165, 1.54) is 5.56 Å². The monoisotopic (exact) mass is 419 g/mol. The number of nitrogens with zero attached hydrogens (tertiary/aromatic N) is 2. The molecule has 2 heterocycles. The number of hydrogen-bond acceptors (Lipinski definition) is 4. The summed E-state index contributed by atoms with van der Waals surface area (Å²) < 4.78 is 5.26. The molecule has 6 nitrogen and oxygen atoms in total. The molecule has 6 heteroatoms. The molecule has 2 aromatic rings. The summed E-state index contributed by atoms with van der Waals surface area (Å²) in [5.41, 5.74) is 2.48. The predicted octanol–water partition coefficient (Wildman–Crippen LogP) is 3.54. The third kappa shape index (κ3) is 4.20. The van der Waals surface area contributed by atoms with Gasteiger partial charge in [0.1, 0.15) is 17.1 Å². The number of ether oxygens (including phenoxy) is 1.